The van der Waals surface area contributed by atoms with Gasteiger partial charge < -0.3 is 4.74 Å². The van der Waals surface area contributed by atoms with Gasteiger partial charge in [-0.25, -0.2) is 35.1 Å². The van der Waals surface area contributed by atoms with Gasteiger partial charge in [-0.3, -0.25) is 0 Å². The van der Waals surface area contributed by atoms with Gasteiger partial charge in [0.1, 0.15) is 57.9 Å². The van der Waals surface area contributed by atoms with Crippen LogP contribution in [0.25, 0.3) is 33.4 Å². The molecule has 0 unspecified atom stereocenters. The Bertz CT molecular complexity index is 2090. The van der Waals surface area contributed by atoms with E-state index in [9.17, 15) is 35.1 Å². The van der Waals surface area contributed by atoms with Gasteiger partial charge in [0.2, 0.25) is 0 Å². The summed E-state index contributed by atoms with van der Waals surface area (Å²) in [6, 6.07) is 5.26. The summed E-state index contributed by atoms with van der Waals surface area (Å²) in [7, 11) is 0. The minimum atomic E-state index is -5.12. The Morgan fingerprint density at radius 1 is 0.528 bits per heavy atom. The van der Waals surface area contributed by atoms with Crippen LogP contribution in [-0.2, 0) is 18.7 Å². The Morgan fingerprint density at radius 2 is 1.00 bits per heavy atom. The fourth-order valence-electron chi connectivity index (χ4n) is 5.77. The van der Waals surface area contributed by atoms with Crippen molar-refractivity contribution in [3.8, 4) is 39.1 Å². The second-order valence-corrected chi connectivity index (χ2v) is 12.4. The number of ether oxygens (including phenoxy) is 1. The lowest BCUT2D eigenvalue weighted by atomic mass is 9.95. The Balaban J connectivity index is 1.42. The van der Waals surface area contributed by atoms with Gasteiger partial charge in [0.25, 0.3) is 0 Å². The molecule has 53 heavy (non-hydrogen) atoms. The number of unbranched alkanes of at least 4 members (excludes halogenated alkanes) is 3. The number of aryl methyl sites for hydroxylation is 1. The molecule has 0 atom stereocenters. The van der Waals surface area contributed by atoms with Gasteiger partial charge in [0.15, 0.2) is 0 Å². The molecule has 0 saturated carbocycles. The monoisotopic (exact) mass is 778 g/mol. The average molecular weight is 779 g/mol. The molecule has 15 heteroatoms. The SMILES string of the molecule is CCCCCCc1cc(F)c(-c2cc(F)c(-c3cc(F)c(C(F)(F)Oc4cc(F)c(-c5ccc(C(F)(F)F)c(F)c5)c(F)c4)c(Cl)c3)c(F)c2)c(F)c1. The first-order valence-electron chi connectivity index (χ1n) is 15.7. The molecule has 0 aliphatic rings. The van der Waals surface area contributed by atoms with Crippen LogP contribution in [0.5, 0.6) is 5.75 Å². The van der Waals surface area contributed by atoms with E-state index in [1.165, 1.54) is 0 Å². The van der Waals surface area contributed by atoms with Crippen molar-refractivity contribution < 1.29 is 61.8 Å². The molecular weight excluding hydrogens is 755 g/mol. The summed E-state index contributed by atoms with van der Waals surface area (Å²) >= 11 is 5.90. The molecule has 5 aromatic carbocycles. The summed E-state index contributed by atoms with van der Waals surface area (Å²) in [5.74, 6) is -13.5. The predicted octanol–water partition coefficient (Wildman–Crippen LogP) is 13.7. The zero-order valence-electron chi connectivity index (χ0n) is 27.1. The predicted molar refractivity (Wildman–Crippen MR) is 171 cm³/mol. The van der Waals surface area contributed by atoms with E-state index in [1.54, 1.807) is 0 Å². The van der Waals surface area contributed by atoms with Gasteiger partial charge in [0, 0.05) is 12.1 Å². The van der Waals surface area contributed by atoms with Crippen molar-refractivity contribution in [3.63, 3.8) is 0 Å². The minimum Gasteiger partial charge on any atom is -0.429 e. The third kappa shape index (κ3) is 8.42. The van der Waals surface area contributed by atoms with Gasteiger partial charge in [-0.1, -0.05) is 43.9 Å². The van der Waals surface area contributed by atoms with E-state index >= 15 is 22.0 Å². The van der Waals surface area contributed by atoms with Crippen molar-refractivity contribution in [2.24, 2.45) is 0 Å². The second-order valence-electron chi connectivity index (χ2n) is 11.9. The van der Waals surface area contributed by atoms with E-state index in [4.69, 9.17) is 11.6 Å². The number of benzene rings is 5. The molecule has 0 aliphatic heterocycles. The Morgan fingerprint density at radius 3 is 1.51 bits per heavy atom. The number of hydrogen-bond acceptors (Lipinski definition) is 1. The minimum absolute atomic E-state index is 0.168. The number of alkyl halides is 5. The van der Waals surface area contributed by atoms with Crippen LogP contribution in [-0.4, -0.2) is 0 Å². The molecule has 0 N–H and O–H groups in total. The lowest BCUT2D eigenvalue weighted by Crippen LogP contribution is -2.24. The maximum Gasteiger partial charge on any atom is 0.431 e. The third-order valence-corrected chi connectivity index (χ3v) is 8.50. The highest BCUT2D eigenvalue weighted by atomic mass is 35.5. The van der Waals surface area contributed by atoms with Crippen LogP contribution < -0.4 is 4.74 Å². The Kier molecular flexibility index (Phi) is 11.4. The number of hydrogen-bond donors (Lipinski definition) is 0. The topological polar surface area (TPSA) is 9.23 Å². The van der Waals surface area contributed by atoms with E-state index in [-0.39, 0.29) is 30.3 Å². The van der Waals surface area contributed by atoms with Gasteiger partial charge in [0.05, 0.1) is 27.3 Å². The zero-order valence-corrected chi connectivity index (χ0v) is 27.8. The van der Waals surface area contributed by atoms with Crippen molar-refractivity contribution >= 4 is 11.6 Å². The normalized spacial score (nSPS) is 12.1. The van der Waals surface area contributed by atoms with Crippen LogP contribution in [0.15, 0.2) is 66.7 Å². The van der Waals surface area contributed by atoms with Crippen molar-refractivity contribution in [1.29, 1.82) is 0 Å². The number of halogens is 14. The molecule has 1 nitrogen and oxygen atoms in total. The summed E-state index contributed by atoms with van der Waals surface area (Å²) in [6.45, 7) is 2.00. The molecule has 280 valence electrons. The van der Waals surface area contributed by atoms with Gasteiger partial charge in [-0.15, -0.1) is 0 Å². The van der Waals surface area contributed by atoms with Gasteiger partial charge >= 0.3 is 12.3 Å². The molecule has 0 amide bonds. The summed E-state index contributed by atoms with van der Waals surface area (Å²) in [6.07, 6.45) is -6.16. The van der Waals surface area contributed by atoms with E-state index in [2.05, 4.69) is 4.74 Å². The van der Waals surface area contributed by atoms with Crippen molar-refractivity contribution in [2.75, 3.05) is 0 Å². The quantitative estimate of drug-likeness (QED) is 0.0958. The molecule has 0 fully saturated rings. The summed E-state index contributed by atoms with van der Waals surface area (Å²) in [5, 5.41) is -1.17. The van der Waals surface area contributed by atoms with Crippen molar-refractivity contribution in [1.82, 2.24) is 0 Å². The first-order chi connectivity index (χ1) is 24.8. The zero-order chi connectivity index (χ0) is 39.0. The molecule has 5 aromatic rings. The molecule has 0 aromatic heterocycles. The molecule has 0 aliphatic carbocycles. The maximum atomic E-state index is 15.3. The summed E-state index contributed by atoms with van der Waals surface area (Å²) in [5.41, 5.74) is -7.95. The molecule has 0 spiro atoms. The van der Waals surface area contributed by atoms with Gasteiger partial charge in [-0.2, -0.15) is 22.0 Å². The molecule has 0 saturated heterocycles. The summed E-state index contributed by atoms with van der Waals surface area (Å²) < 4.78 is 193. The molecular formula is C38H24ClF13O. The second kappa shape index (κ2) is 15.3. The van der Waals surface area contributed by atoms with Crippen LogP contribution in [0.4, 0.5) is 57.1 Å². The van der Waals surface area contributed by atoms with E-state index in [1.807, 2.05) is 6.92 Å². The largest absolute Gasteiger partial charge is 0.431 e. The highest BCUT2D eigenvalue weighted by molar-refractivity contribution is 6.31. The average Bonchev–Trinajstić information content (AvgIpc) is 3.01. The molecule has 0 bridgehead atoms. The van der Waals surface area contributed by atoms with Crippen molar-refractivity contribution in [2.45, 2.75) is 51.3 Å². The van der Waals surface area contributed by atoms with Crippen LogP contribution >= 0.6 is 11.6 Å². The Hall–Kier alpha value is -4.72. The van der Waals surface area contributed by atoms with Crippen LogP contribution in [0.1, 0.15) is 49.3 Å². The summed E-state index contributed by atoms with van der Waals surface area (Å²) in [4.78, 5) is 0. The molecule has 0 heterocycles. The third-order valence-electron chi connectivity index (χ3n) is 8.20. The highest BCUT2D eigenvalue weighted by Crippen LogP contribution is 2.43. The van der Waals surface area contributed by atoms with Gasteiger partial charge in [-0.05, 0) is 83.6 Å². The smallest absolute Gasteiger partial charge is 0.429 e. The van der Waals surface area contributed by atoms with Crippen molar-refractivity contribution in [3.05, 3.63) is 135 Å². The fraction of sp³-hybridized carbons (Fsp3) is 0.211. The molecule has 5 rings (SSSR count). The first-order valence-corrected chi connectivity index (χ1v) is 16.1. The molecule has 0 radical (unpaired) electrons. The van der Waals surface area contributed by atoms with Crippen LogP contribution in [0.3, 0.4) is 0 Å². The van der Waals surface area contributed by atoms with E-state index < -0.39 is 114 Å². The lowest BCUT2D eigenvalue weighted by molar-refractivity contribution is -0.187. The Labute approximate surface area is 298 Å². The first kappa shape index (κ1) is 39.5. The number of rotatable bonds is 11. The van der Waals surface area contributed by atoms with Crippen LogP contribution in [0, 0.1) is 46.5 Å². The standard InChI is InChI=1S/C38H24ClF13O/c1-2-3-4-5-6-18-9-26(41)35(27(42)10-18)21-13-28(43)34(29(44)14-21)20-11-24(39)36(32(47)15-20)38(51,52)53-22-16-30(45)33(31(46)17-22)19-7-8-23(25(40)12-19)37(48,49)50/h7-17H,2-6H2,1H3. The highest BCUT2D eigenvalue weighted by Gasteiger charge is 2.41. The maximum absolute atomic E-state index is 15.3. The van der Waals surface area contributed by atoms with E-state index in [0.717, 1.165) is 31.4 Å². The fourth-order valence-corrected chi connectivity index (χ4v) is 6.09. The van der Waals surface area contributed by atoms with E-state index in [0.29, 0.717) is 42.7 Å². The van der Waals surface area contributed by atoms with Crippen LogP contribution in [0.2, 0.25) is 5.02 Å². The lowest BCUT2D eigenvalue weighted by Gasteiger charge is -2.21.